The van der Waals surface area contributed by atoms with Crippen LogP contribution in [0.5, 0.6) is 0 Å². The summed E-state index contributed by atoms with van der Waals surface area (Å²) in [6, 6.07) is 11.0. The third-order valence-corrected chi connectivity index (χ3v) is 5.36. The van der Waals surface area contributed by atoms with E-state index in [9.17, 15) is 4.79 Å². The maximum absolute atomic E-state index is 12.7. The van der Waals surface area contributed by atoms with Gasteiger partial charge in [-0.3, -0.25) is 9.69 Å². The van der Waals surface area contributed by atoms with Crippen LogP contribution in [0.3, 0.4) is 0 Å². The number of aliphatic imine (C=N–C) groups is 1. The number of likely N-dealkylation sites (tertiary alicyclic amines) is 1. The van der Waals surface area contributed by atoms with Crippen molar-refractivity contribution < 1.29 is 4.79 Å². The first kappa shape index (κ1) is 25.7. The van der Waals surface area contributed by atoms with Gasteiger partial charge in [-0.15, -0.1) is 24.0 Å². The van der Waals surface area contributed by atoms with Gasteiger partial charge in [-0.05, 0) is 39.2 Å². The summed E-state index contributed by atoms with van der Waals surface area (Å²) in [6.45, 7) is 15.1. The quantitative estimate of drug-likeness (QED) is 0.318. The molecule has 1 aliphatic heterocycles. The Morgan fingerprint density at radius 2 is 1.93 bits per heavy atom. The smallest absolute Gasteiger partial charge is 0.244 e. The molecule has 1 amide bonds. The van der Waals surface area contributed by atoms with Crippen molar-refractivity contribution in [1.82, 2.24) is 20.4 Å². The number of amides is 1. The summed E-state index contributed by atoms with van der Waals surface area (Å²) < 4.78 is 0. The first-order valence-corrected chi connectivity index (χ1v) is 10.5. The predicted molar refractivity (Wildman–Crippen MR) is 132 cm³/mol. The fourth-order valence-corrected chi connectivity index (χ4v) is 3.54. The number of benzene rings is 1. The van der Waals surface area contributed by atoms with E-state index >= 15 is 0 Å². The zero-order valence-electron chi connectivity index (χ0n) is 18.5. The molecule has 164 valence electrons. The molecule has 0 spiro atoms. The predicted octanol–water partition coefficient (Wildman–Crippen LogP) is 2.94. The molecule has 2 unspecified atom stereocenters. The highest BCUT2D eigenvalue weighted by Crippen LogP contribution is 2.18. The van der Waals surface area contributed by atoms with Crippen molar-refractivity contribution >= 4 is 35.8 Å². The van der Waals surface area contributed by atoms with E-state index in [0.717, 1.165) is 31.2 Å². The second-order valence-corrected chi connectivity index (χ2v) is 7.86. The summed E-state index contributed by atoms with van der Waals surface area (Å²) in [5.41, 5.74) is 1.14. The van der Waals surface area contributed by atoms with Gasteiger partial charge >= 0.3 is 0 Å². The van der Waals surface area contributed by atoms with Crippen LogP contribution in [0.2, 0.25) is 0 Å². The molecule has 1 aromatic rings. The standard InChI is InChI=1S/C22H37N5O.HI/c1-6-23-22(25-20-16-27(17(3)4)14-18(20)5)24-13-21(28)26(7-2)15-19-11-9-8-10-12-19;/h8-12,17-18,20H,6-7,13-16H2,1-5H3,(H2,23,24,25);1H. The first-order chi connectivity index (χ1) is 13.4. The molecule has 2 atom stereocenters. The zero-order valence-corrected chi connectivity index (χ0v) is 20.8. The van der Waals surface area contributed by atoms with Crippen molar-refractivity contribution in [2.24, 2.45) is 10.9 Å². The molecule has 0 saturated carbocycles. The number of carbonyl (C=O) groups is 1. The van der Waals surface area contributed by atoms with Gasteiger partial charge < -0.3 is 15.5 Å². The van der Waals surface area contributed by atoms with Crippen molar-refractivity contribution in [2.75, 3.05) is 32.7 Å². The van der Waals surface area contributed by atoms with E-state index in [2.05, 4.69) is 41.3 Å². The number of hydrogen-bond acceptors (Lipinski definition) is 3. The lowest BCUT2D eigenvalue weighted by atomic mass is 10.1. The molecule has 1 aliphatic rings. The maximum Gasteiger partial charge on any atom is 0.244 e. The Morgan fingerprint density at radius 1 is 1.24 bits per heavy atom. The van der Waals surface area contributed by atoms with Gasteiger partial charge in [-0.1, -0.05) is 37.3 Å². The van der Waals surface area contributed by atoms with Gasteiger partial charge in [0.25, 0.3) is 0 Å². The fourth-order valence-electron chi connectivity index (χ4n) is 3.54. The highest BCUT2D eigenvalue weighted by molar-refractivity contribution is 14.0. The minimum Gasteiger partial charge on any atom is -0.357 e. The largest absolute Gasteiger partial charge is 0.357 e. The van der Waals surface area contributed by atoms with E-state index < -0.39 is 0 Å². The Hall–Kier alpha value is -1.35. The summed E-state index contributed by atoms with van der Waals surface area (Å²) in [5, 5.41) is 6.83. The Balaban J connectivity index is 0.00000420. The summed E-state index contributed by atoms with van der Waals surface area (Å²) in [5.74, 6) is 1.33. The maximum atomic E-state index is 12.7. The number of halogens is 1. The first-order valence-electron chi connectivity index (χ1n) is 10.5. The average molecular weight is 515 g/mol. The zero-order chi connectivity index (χ0) is 20.5. The molecular formula is C22H38IN5O. The van der Waals surface area contributed by atoms with Crippen molar-refractivity contribution in [3.8, 4) is 0 Å². The van der Waals surface area contributed by atoms with Crippen LogP contribution in [0.1, 0.15) is 40.2 Å². The second-order valence-electron chi connectivity index (χ2n) is 7.86. The van der Waals surface area contributed by atoms with Gasteiger partial charge in [0, 0.05) is 44.8 Å². The normalized spacial score (nSPS) is 19.7. The van der Waals surface area contributed by atoms with E-state index in [1.165, 1.54) is 0 Å². The Bertz CT molecular complexity index is 637. The van der Waals surface area contributed by atoms with Gasteiger partial charge in [-0.25, -0.2) is 4.99 Å². The van der Waals surface area contributed by atoms with Gasteiger partial charge in [0.15, 0.2) is 5.96 Å². The SMILES string of the molecule is CCNC(=NCC(=O)N(CC)Cc1ccccc1)NC1CN(C(C)C)CC1C.I. The Morgan fingerprint density at radius 3 is 2.48 bits per heavy atom. The summed E-state index contributed by atoms with van der Waals surface area (Å²) in [6.07, 6.45) is 0. The van der Waals surface area contributed by atoms with Gasteiger partial charge in [-0.2, -0.15) is 0 Å². The minimum atomic E-state index is 0. The summed E-state index contributed by atoms with van der Waals surface area (Å²) in [4.78, 5) is 21.6. The lowest BCUT2D eigenvalue weighted by Crippen LogP contribution is -2.47. The van der Waals surface area contributed by atoms with Crippen LogP contribution in [-0.4, -0.2) is 66.5 Å². The molecule has 7 heteroatoms. The van der Waals surface area contributed by atoms with Gasteiger partial charge in [0.1, 0.15) is 6.54 Å². The summed E-state index contributed by atoms with van der Waals surface area (Å²) >= 11 is 0. The highest BCUT2D eigenvalue weighted by Gasteiger charge is 2.31. The second kappa shape index (κ2) is 13.1. The Labute approximate surface area is 193 Å². The third-order valence-electron chi connectivity index (χ3n) is 5.36. The van der Waals surface area contributed by atoms with Gasteiger partial charge in [0.2, 0.25) is 5.91 Å². The highest BCUT2D eigenvalue weighted by atomic mass is 127. The van der Waals surface area contributed by atoms with Crippen molar-refractivity contribution in [1.29, 1.82) is 0 Å². The number of hydrogen-bond donors (Lipinski definition) is 2. The van der Waals surface area contributed by atoms with Crippen LogP contribution in [0.25, 0.3) is 0 Å². The van der Waals surface area contributed by atoms with E-state index in [1.807, 2.05) is 49.1 Å². The average Bonchev–Trinajstić information content (AvgIpc) is 3.05. The van der Waals surface area contributed by atoms with E-state index in [1.54, 1.807) is 0 Å². The number of nitrogens with zero attached hydrogens (tertiary/aromatic N) is 3. The van der Waals surface area contributed by atoms with E-state index in [0.29, 0.717) is 31.1 Å². The monoisotopic (exact) mass is 515 g/mol. The number of carbonyl (C=O) groups excluding carboxylic acids is 1. The van der Waals surface area contributed by atoms with E-state index in [-0.39, 0.29) is 36.4 Å². The molecule has 0 radical (unpaired) electrons. The molecule has 0 bridgehead atoms. The molecule has 1 saturated heterocycles. The van der Waals surface area contributed by atoms with Crippen LogP contribution in [0.15, 0.2) is 35.3 Å². The number of likely N-dealkylation sites (N-methyl/N-ethyl adjacent to an activating group) is 1. The summed E-state index contributed by atoms with van der Waals surface area (Å²) in [7, 11) is 0. The molecule has 2 rings (SSSR count). The van der Waals surface area contributed by atoms with Gasteiger partial charge in [0.05, 0.1) is 0 Å². The molecule has 2 N–H and O–H groups in total. The van der Waals surface area contributed by atoms with Crippen LogP contribution in [-0.2, 0) is 11.3 Å². The van der Waals surface area contributed by atoms with Crippen molar-refractivity contribution in [2.45, 2.75) is 53.2 Å². The molecule has 6 nitrogen and oxygen atoms in total. The lowest BCUT2D eigenvalue weighted by Gasteiger charge is -2.23. The van der Waals surface area contributed by atoms with E-state index in [4.69, 9.17) is 0 Å². The molecule has 29 heavy (non-hydrogen) atoms. The number of guanidine groups is 1. The van der Waals surface area contributed by atoms with Crippen molar-refractivity contribution in [3.05, 3.63) is 35.9 Å². The van der Waals surface area contributed by atoms with Crippen LogP contribution in [0, 0.1) is 5.92 Å². The number of rotatable bonds is 8. The lowest BCUT2D eigenvalue weighted by molar-refractivity contribution is -0.130. The minimum absolute atomic E-state index is 0. The topological polar surface area (TPSA) is 60.0 Å². The van der Waals surface area contributed by atoms with Crippen LogP contribution < -0.4 is 10.6 Å². The molecule has 1 fully saturated rings. The van der Waals surface area contributed by atoms with Crippen molar-refractivity contribution in [3.63, 3.8) is 0 Å². The number of nitrogens with one attached hydrogen (secondary N) is 2. The molecule has 1 aromatic carbocycles. The van der Waals surface area contributed by atoms with Crippen LogP contribution in [0.4, 0.5) is 0 Å². The molecule has 1 heterocycles. The Kier molecular flexibility index (Phi) is 11.6. The fraction of sp³-hybridized carbons (Fsp3) is 0.636. The molecule has 0 aromatic heterocycles. The molecular weight excluding hydrogens is 477 g/mol. The molecule has 0 aliphatic carbocycles. The van der Waals surface area contributed by atoms with Crippen LogP contribution >= 0.6 is 24.0 Å². The third kappa shape index (κ3) is 8.12.